The number of aryl methyl sites for hydroxylation is 1. The van der Waals surface area contributed by atoms with Crippen LogP contribution < -0.4 is 10.1 Å². The molecule has 0 unspecified atom stereocenters. The Morgan fingerprint density at radius 1 is 1.32 bits per heavy atom. The van der Waals surface area contributed by atoms with Gasteiger partial charge in [0.1, 0.15) is 11.6 Å². The van der Waals surface area contributed by atoms with E-state index in [0.717, 1.165) is 23.7 Å². The standard InChI is InChI=1S/C15H20N4O2S/c1-4-9-16-14(20)10-22-15-18-17-11(2)19(15)12-5-7-13(21-3)8-6-12/h5-8H,4,9-10H2,1-3H3,(H,16,20). The number of carbonyl (C=O) groups is 1. The van der Waals surface area contributed by atoms with Crippen molar-refractivity contribution in [3.8, 4) is 11.4 Å². The highest BCUT2D eigenvalue weighted by Gasteiger charge is 2.13. The van der Waals surface area contributed by atoms with Crippen molar-refractivity contribution in [2.24, 2.45) is 0 Å². The molecule has 0 aliphatic rings. The molecule has 1 N–H and O–H groups in total. The number of thioether (sulfide) groups is 1. The van der Waals surface area contributed by atoms with Crippen LogP contribution in [-0.4, -0.2) is 40.1 Å². The smallest absolute Gasteiger partial charge is 0.230 e. The highest BCUT2D eigenvalue weighted by atomic mass is 32.2. The molecule has 22 heavy (non-hydrogen) atoms. The van der Waals surface area contributed by atoms with Crippen LogP contribution in [0, 0.1) is 6.92 Å². The summed E-state index contributed by atoms with van der Waals surface area (Å²) in [5.74, 6) is 1.91. The molecule has 7 heteroatoms. The summed E-state index contributed by atoms with van der Waals surface area (Å²) in [5.41, 5.74) is 0.944. The number of rotatable bonds is 7. The van der Waals surface area contributed by atoms with Gasteiger partial charge in [0.15, 0.2) is 5.16 Å². The van der Waals surface area contributed by atoms with Crippen molar-refractivity contribution in [2.45, 2.75) is 25.4 Å². The first kappa shape index (κ1) is 16.4. The SMILES string of the molecule is CCCNC(=O)CSc1nnc(C)n1-c1ccc(OC)cc1. The fourth-order valence-corrected chi connectivity index (χ4v) is 2.74. The zero-order chi connectivity index (χ0) is 15.9. The second-order valence-corrected chi connectivity index (χ2v) is 5.64. The molecule has 1 amide bonds. The molecular weight excluding hydrogens is 300 g/mol. The minimum Gasteiger partial charge on any atom is -0.497 e. The van der Waals surface area contributed by atoms with E-state index >= 15 is 0 Å². The highest BCUT2D eigenvalue weighted by molar-refractivity contribution is 7.99. The predicted octanol–water partition coefficient (Wildman–Crippen LogP) is 2.20. The Kier molecular flexibility index (Phi) is 5.83. The first-order valence-corrected chi connectivity index (χ1v) is 8.10. The maximum absolute atomic E-state index is 11.7. The van der Waals surface area contributed by atoms with Crippen molar-refractivity contribution in [3.05, 3.63) is 30.1 Å². The van der Waals surface area contributed by atoms with Gasteiger partial charge >= 0.3 is 0 Å². The normalized spacial score (nSPS) is 10.5. The van der Waals surface area contributed by atoms with E-state index in [1.807, 2.05) is 42.7 Å². The van der Waals surface area contributed by atoms with Gasteiger partial charge in [0.2, 0.25) is 5.91 Å². The van der Waals surface area contributed by atoms with Crippen LogP contribution in [0.3, 0.4) is 0 Å². The lowest BCUT2D eigenvalue weighted by atomic mass is 10.3. The number of nitrogens with one attached hydrogen (secondary N) is 1. The molecule has 0 fully saturated rings. The molecule has 2 aromatic rings. The maximum atomic E-state index is 11.7. The molecule has 0 radical (unpaired) electrons. The van der Waals surface area contributed by atoms with Gasteiger partial charge in [-0.3, -0.25) is 9.36 Å². The number of ether oxygens (including phenoxy) is 1. The molecule has 1 aromatic carbocycles. The third kappa shape index (κ3) is 4.00. The van der Waals surface area contributed by atoms with Gasteiger partial charge in [0.05, 0.1) is 12.9 Å². The van der Waals surface area contributed by atoms with E-state index in [-0.39, 0.29) is 5.91 Å². The van der Waals surface area contributed by atoms with Gasteiger partial charge in [0.25, 0.3) is 0 Å². The molecular formula is C15H20N4O2S. The third-order valence-electron chi connectivity index (χ3n) is 3.03. The Morgan fingerprint density at radius 2 is 2.05 bits per heavy atom. The number of amides is 1. The lowest BCUT2D eigenvalue weighted by Crippen LogP contribution is -2.25. The van der Waals surface area contributed by atoms with Crippen molar-refractivity contribution in [1.29, 1.82) is 0 Å². The number of nitrogens with zero attached hydrogens (tertiary/aromatic N) is 3. The summed E-state index contributed by atoms with van der Waals surface area (Å²) in [6, 6.07) is 7.65. The van der Waals surface area contributed by atoms with Crippen LogP contribution in [0.15, 0.2) is 29.4 Å². The van der Waals surface area contributed by atoms with Gasteiger partial charge in [-0.25, -0.2) is 0 Å². The summed E-state index contributed by atoms with van der Waals surface area (Å²) in [6.07, 6.45) is 0.928. The van der Waals surface area contributed by atoms with E-state index in [0.29, 0.717) is 17.5 Å². The molecule has 0 saturated heterocycles. The van der Waals surface area contributed by atoms with E-state index < -0.39 is 0 Å². The van der Waals surface area contributed by atoms with Crippen LogP contribution >= 0.6 is 11.8 Å². The highest BCUT2D eigenvalue weighted by Crippen LogP contribution is 2.23. The summed E-state index contributed by atoms with van der Waals surface area (Å²) >= 11 is 1.38. The van der Waals surface area contributed by atoms with E-state index in [1.165, 1.54) is 11.8 Å². The molecule has 0 atom stereocenters. The number of benzene rings is 1. The van der Waals surface area contributed by atoms with Crippen LogP contribution in [0.1, 0.15) is 19.2 Å². The Balaban J connectivity index is 2.11. The molecule has 0 saturated carbocycles. The summed E-state index contributed by atoms with van der Waals surface area (Å²) in [6.45, 7) is 4.61. The molecule has 0 aliphatic heterocycles. The largest absolute Gasteiger partial charge is 0.497 e. The third-order valence-corrected chi connectivity index (χ3v) is 3.96. The molecule has 1 aromatic heterocycles. The Hall–Kier alpha value is -2.02. The topological polar surface area (TPSA) is 69.0 Å². The second kappa shape index (κ2) is 7.84. The van der Waals surface area contributed by atoms with Crippen LogP contribution in [-0.2, 0) is 4.79 Å². The molecule has 0 spiro atoms. The molecule has 0 aliphatic carbocycles. The fourth-order valence-electron chi connectivity index (χ4n) is 1.91. The fraction of sp³-hybridized carbons (Fsp3) is 0.400. The summed E-state index contributed by atoms with van der Waals surface area (Å²) in [5, 5.41) is 11.8. The Labute approximate surface area is 134 Å². The Morgan fingerprint density at radius 3 is 2.68 bits per heavy atom. The minimum atomic E-state index is 0.00813. The average molecular weight is 320 g/mol. The molecule has 1 heterocycles. The molecule has 0 bridgehead atoms. The number of carbonyl (C=O) groups excluding carboxylic acids is 1. The van der Waals surface area contributed by atoms with Gasteiger partial charge in [-0.15, -0.1) is 10.2 Å². The van der Waals surface area contributed by atoms with Gasteiger partial charge in [-0.05, 0) is 37.6 Å². The van der Waals surface area contributed by atoms with E-state index in [1.54, 1.807) is 7.11 Å². The molecule has 6 nitrogen and oxygen atoms in total. The number of aromatic nitrogens is 3. The van der Waals surface area contributed by atoms with E-state index in [2.05, 4.69) is 15.5 Å². The average Bonchev–Trinajstić information content (AvgIpc) is 2.91. The lowest BCUT2D eigenvalue weighted by molar-refractivity contribution is -0.118. The van der Waals surface area contributed by atoms with Gasteiger partial charge in [0, 0.05) is 12.2 Å². The molecule has 2 rings (SSSR count). The van der Waals surface area contributed by atoms with Crippen LogP contribution in [0.25, 0.3) is 5.69 Å². The summed E-state index contributed by atoms with van der Waals surface area (Å²) in [7, 11) is 1.63. The monoisotopic (exact) mass is 320 g/mol. The van der Waals surface area contributed by atoms with Crippen molar-refractivity contribution in [2.75, 3.05) is 19.4 Å². The van der Waals surface area contributed by atoms with E-state index in [4.69, 9.17) is 4.74 Å². The molecule has 118 valence electrons. The number of methoxy groups -OCH3 is 1. The second-order valence-electron chi connectivity index (χ2n) is 4.70. The van der Waals surface area contributed by atoms with Gasteiger partial charge in [-0.1, -0.05) is 18.7 Å². The number of hydrogen-bond acceptors (Lipinski definition) is 5. The zero-order valence-electron chi connectivity index (χ0n) is 13.0. The van der Waals surface area contributed by atoms with Crippen molar-refractivity contribution < 1.29 is 9.53 Å². The lowest BCUT2D eigenvalue weighted by Gasteiger charge is -2.09. The maximum Gasteiger partial charge on any atom is 0.230 e. The first-order chi connectivity index (χ1) is 10.7. The van der Waals surface area contributed by atoms with Crippen LogP contribution in [0.4, 0.5) is 0 Å². The first-order valence-electron chi connectivity index (χ1n) is 7.11. The van der Waals surface area contributed by atoms with Gasteiger partial charge in [-0.2, -0.15) is 0 Å². The van der Waals surface area contributed by atoms with Crippen molar-refractivity contribution in [3.63, 3.8) is 0 Å². The van der Waals surface area contributed by atoms with Crippen molar-refractivity contribution >= 4 is 17.7 Å². The summed E-state index contributed by atoms with van der Waals surface area (Å²) < 4.78 is 7.09. The predicted molar refractivity (Wildman–Crippen MR) is 86.7 cm³/mol. The van der Waals surface area contributed by atoms with Crippen LogP contribution in [0.5, 0.6) is 5.75 Å². The Bertz CT molecular complexity index is 625. The summed E-state index contributed by atoms with van der Waals surface area (Å²) in [4.78, 5) is 11.7. The number of hydrogen-bond donors (Lipinski definition) is 1. The zero-order valence-corrected chi connectivity index (χ0v) is 13.8. The quantitative estimate of drug-likeness (QED) is 0.792. The minimum absolute atomic E-state index is 0.00813. The van der Waals surface area contributed by atoms with Crippen molar-refractivity contribution in [1.82, 2.24) is 20.1 Å². The van der Waals surface area contributed by atoms with E-state index in [9.17, 15) is 4.79 Å². The van der Waals surface area contributed by atoms with Crippen LogP contribution in [0.2, 0.25) is 0 Å². The van der Waals surface area contributed by atoms with Gasteiger partial charge < -0.3 is 10.1 Å².